The van der Waals surface area contributed by atoms with Crippen LogP contribution in [0.1, 0.15) is 5.56 Å². The number of cyclic esters (lactones) is 1. The lowest BCUT2D eigenvalue weighted by atomic mass is 10.2. The molecular formula is C8H7NO2. The molecular weight excluding hydrogens is 142 g/mol. The highest BCUT2D eigenvalue weighted by Crippen LogP contribution is 2.15. The Morgan fingerprint density at radius 2 is 2.36 bits per heavy atom. The third-order valence-electron chi connectivity index (χ3n) is 1.54. The number of amides is 1. The SMILES string of the molecule is O=C1Nc2cccc(c2)CO1. The summed E-state index contributed by atoms with van der Waals surface area (Å²) < 4.78 is 4.81. The Hall–Kier alpha value is -1.51. The van der Waals surface area contributed by atoms with Crippen molar-refractivity contribution >= 4 is 11.8 Å². The molecule has 1 N–H and O–H groups in total. The summed E-state index contributed by atoms with van der Waals surface area (Å²) in [4.78, 5) is 10.8. The van der Waals surface area contributed by atoms with Gasteiger partial charge in [-0.05, 0) is 17.7 Å². The summed E-state index contributed by atoms with van der Waals surface area (Å²) in [6.07, 6.45) is -0.383. The van der Waals surface area contributed by atoms with Gasteiger partial charge in [0.1, 0.15) is 6.61 Å². The van der Waals surface area contributed by atoms with Crippen molar-refractivity contribution in [1.29, 1.82) is 0 Å². The van der Waals surface area contributed by atoms with Gasteiger partial charge in [-0.15, -0.1) is 0 Å². The minimum absolute atomic E-state index is 0.361. The second kappa shape index (κ2) is 2.27. The molecule has 11 heavy (non-hydrogen) atoms. The van der Waals surface area contributed by atoms with Crippen LogP contribution in [-0.4, -0.2) is 6.09 Å². The molecule has 1 amide bonds. The molecule has 1 aromatic rings. The Balaban J connectivity index is 2.42. The lowest BCUT2D eigenvalue weighted by Gasteiger charge is -1.97. The first kappa shape index (κ1) is 6.22. The Kier molecular flexibility index (Phi) is 1.28. The third-order valence-corrected chi connectivity index (χ3v) is 1.54. The number of anilines is 1. The molecule has 56 valence electrons. The first-order valence-electron chi connectivity index (χ1n) is 3.37. The van der Waals surface area contributed by atoms with E-state index in [0.29, 0.717) is 6.61 Å². The molecule has 0 unspecified atom stereocenters. The predicted molar refractivity (Wildman–Crippen MR) is 40.2 cm³/mol. The van der Waals surface area contributed by atoms with Crippen molar-refractivity contribution in [1.82, 2.24) is 0 Å². The molecule has 1 aliphatic heterocycles. The smallest absolute Gasteiger partial charge is 0.411 e. The van der Waals surface area contributed by atoms with Crippen LogP contribution in [0.5, 0.6) is 0 Å². The number of rotatable bonds is 0. The topological polar surface area (TPSA) is 38.3 Å². The van der Waals surface area contributed by atoms with Gasteiger partial charge in [0.2, 0.25) is 0 Å². The normalized spacial score (nSPS) is 14.7. The van der Waals surface area contributed by atoms with Crippen LogP contribution in [0.25, 0.3) is 0 Å². The second-order valence-corrected chi connectivity index (χ2v) is 2.40. The largest absolute Gasteiger partial charge is 0.444 e. The number of hydrogen-bond donors (Lipinski definition) is 1. The summed E-state index contributed by atoms with van der Waals surface area (Å²) in [7, 11) is 0. The summed E-state index contributed by atoms with van der Waals surface area (Å²) in [6, 6.07) is 7.53. The molecule has 0 saturated heterocycles. The fraction of sp³-hybridized carbons (Fsp3) is 0.125. The van der Waals surface area contributed by atoms with Crippen LogP contribution in [0.15, 0.2) is 24.3 Å². The van der Waals surface area contributed by atoms with Gasteiger partial charge in [-0.2, -0.15) is 0 Å². The molecule has 0 fully saturated rings. The maximum atomic E-state index is 10.8. The number of carbonyl (C=O) groups excluding carboxylic acids is 1. The zero-order chi connectivity index (χ0) is 7.68. The fourth-order valence-corrected chi connectivity index (χ4v) is 1.04. The van der Waals surface area contributed by atoms with Crippen LogP contribution in [0.3, 0.4) is 0 Å². The Morgan fingerprint density at radius 3 is 3.27 bits per heavy atom. The van der Waals surface area contributed by atoms with E-state index in [1.165, 1.54) is 0 Å². The second-order valence-electron chi connectivity index (χ2n) is 2.40. The van der Waals surface area contributed by atoms with E-state index < -0.39 is 0 Å². The Bertz CT molecular complexity index is 296. The van der Waals surface area contributed by atoms with Crippen LogP contribution in [0.2, 0.25) is 0 Å². The average molecular weight is 149 g/mol. The summed E-state index contributed by atoms with van der Waals surface area (Å²) in [5.74, 6) is 0. The Labute approximate surface area is 64.0 Å². The maximum absolute atomic E-state index is 10.8. The van der Waals surface area contributed by atoms with Gasteiger partial charge in [0, 0.05) is 5.69 Å². The first-order chi connectivity index (χ1) is 5.34. The number of fused-ring (bicyclic) bond motifs is 2. The van der Waals surface area contributed by atoms with Crippen LogP contribution in [0, 0.1) is 0 Å². The standard InChI is InChI=1S/C8H7NO2/c10-8-9-7-3-1-2-6(4-7)5-11-8/h1-4H,5H2,(H,9,10). The van der Waals surface area contributed by atoms with Gasteiger partial charge in [-0.1, -0.05) is 12.1 Å². The molecule has 0 saturated carbocycles. The Morgan fingerprint density at radius 1 is 1.45 bits per heavy atom. The van der Waals surface area contributed by atoms with E-state index >= 15 is 0 Å². The van der Waals surface area contributed by atoms with E-state index in [-0.39, 0.29) is 6.09 Å². The van der Waals surface area contributed by atoms with Gasteiger partial charge >= 0.3 is 6.09 Å². The van der Waals surface area contributed by atoms with E-state index in [0.717, 1.165) is 11.3 Å². The summed E-state index contributed by atoms with van der Waals surface area (Å²) >= 11 is 0. The van der Waals surface area contributed by atoms with Crippen molar-refractivity contribution in [2.45, 2.75) is 6.61 Å². The van der Waals surface area contributed by atoms with E-state index in [9.17, 15) is 4.79 Å². The average Bonchev–Trinajstić information content (AvgIpc) is 2.12. The van der Waals surface area contributed by atoms with Gasteiger partial charge < -0.3 is 4.74 Å². The van der Waals surface area contributed by atoms with Crippen LogP contribution in [-0.2, 0) is 11.3 Å². The zero-order valence-electron chi connectivity index (χ0n) is 5.83. The quantitative estimate of drug-likeness (QED) is 0.610. The number of ether oxygens (including phenoxy) is 1. The van der Waals surface area contributed by atoms with E-state index in [1.807, 2.05) is 24.3 Å². The zero-order valence-corrected chi connectivity index (χ0v) is 5.83. The van der Waals surface area contributed by atoms with E-state index in [2.05, 4.69) is 5.32 Å². The molecule has 1 aliphatic rings. The molecule has 1 aromatic carbocycles. The lowest BCUT2D eigenvalue weighted by molar-refractivity contribution is 0.156. The van der Waals surface area contributed by atoms with Crippen LogP contribution < -0.4 is 5.32 Å². The molecule has 0 atom stereocenters. The predicted octanol–water partition coefficient (Wildman–Crippen LogP) is 1.75. The monoisotopic (exact) mass is 149 g/mol. The molecule has 1 heterocycles. The molecule has 0 aromatic heterocycles. The lowest BCUT2D eigenvalue weighted by Crippen LogP contribution is -2.09. The molecule has 0 aliphatic carbocycles. The van der Waals surface area contributed by atoms with Gasteiger partial charge in [0.05, 0.1) is 0 Å². The van der Waals surface area contributed by atoms with Crippen molar-refractivity contribution in [2.75, 3.05) is 5.32 Å². The number of carbonyl (C=O) groups is 1. The highest BCUT2D eigenvalue weighted by Gasteiger charge is 2.08. The van der Waals surface area contributed by atoms with Crippen LogP contribution in [0.4, 0.5) is 10.5 Å². The summed E-state index contributed by atoms with van der Waals surface area (Å²) in [5.41, 5.74) is 1.81. The number of nitrogens with one attached hydrogen (secondary N) is 1. The number of benzene rings is 1. The highest BCUT2D eigenvalue weighted by molar-refractivity contribution is 5.85. The minimum Gasteiger partial charge on any atom is -0.444 e. The van der Waals surface area contributed by atoms with Crippen molar-refractivity contribution in [3.63, 3.8) is 0 Å². The van der Waals surface area contributed by atoms with Gasteiger partial charge in [-0.25, -0.2) is 4.79 Å². The molecule has 2 bridgehead atoms. The maximum Gasteiger partial charge on any atom is 0.411 e. The van der Waals surface area contributed by atoms with Gasteiger partial charge in [0.15, 0.2) is 0 Å². The van der Waals surface area contributed by atoms with Crippen LogP contribution >= 0.6 is 0 Å². The summed E-state index contributed by atoms with van der Waals surface area (Å²) in [5, 5.41) is 2.58. The highest BCUT2D eigenvalue weighted by atomic mass is 16.5. The molecule has 3 heteroatoms. The van der Waals surface area contributed by atoms with Crippen molar-refractivity contribution in [3.05, 3.63) is 29.8 Å². The van der Waals surface area contributed by atoms with Crippen molar-refractivity contribution < 1.29 is 9.53 Å². The number of hydrogen-bond acceptors (Lipinski definition) is 2. The van der Waals surface area contributed by atoms with Crippen molar-refractivity contribution in [2.24, 2.45) is 0 Å². The molecule has 0 radical (unpaired) electrons. The molecule has 3 nitrogen and oxygen atoms in total. The fourth-order valence-electron chi connectivity index (χ4n) is 1.04. The van der Waals surface area contributed by atoms with Crippen molar-refractivity contribution in [3.8, 4) is 0 Å². The minimum atomic E-state index is -0.383. The van der Waals surface area contributed by atoms with E-state index in [1.54, 1.807) is 0 Å². The van der Waals surface area contributed by atoms with Gasteiger partial charge in [-0.3, -0.25) is 5.32 Å². The van der Waals surface area contributed by atoms with Gasteiger partial charge in [0.25, 0.3) is 0 Å². The third kappa shape index (κ3) is 1.17. The molecule has 0 spiro atoms. The molecule has 2 rings (SSSR count). The van der Waals surface area contributed by atoms with E-state index in [4.69, 9.17) is 4.74 Å². The summed E-state index contributed by atoms with van der Waals surface area (Å²) in [6.45, 7) is 0.361. The first-order valence-corrected chi connectivity index (χ1v) is 3.37.